The van der Waals surface area contributed by atoms with Crippen LogP contribution >= 0.6 is 69.2 Å². The Morgan fingerprint density at radius 2 is 2.04 bits per heavy atom. The van der Waals surface area contributed by atoms with Gasteiger partial charge >= 0.3 is 0 Å². The zero-order valence-electron chi connectivity index (χ0n) is 14.5. The maximum Gasteiger partial charge on any atom is 0.270 e. The smallest absolute Gasteiger partial charge is 0.270 e. The molecule has 5 nitrogen and oxygen atoms in total. The number of hydrogen-bond acceptors (Lipinski definition) is 6. The Kier molecular flexibility index (Phi) is 6.04. The minimum atomic E-state index is -0.162. The highest BCUT2D eigenvalue weighted by Crippen LogP contribution is 2.41. The number of anilines is 1. The summed E-state index contributed by atoms with van der Waals surface area (Å²) in [6.45, 7) is 2.68. The van der Waals surface area contributed by atoms with Crippen molar-refractivity contribution in [3.8, 4) is 17.2 Å². The molecule has 2 aliphatic heterocycles. The van der Waals surface area contributed by atoms with Gasteiger partial charge in [0, 0.05) is 15.2 Å². The monoisotopic (exact) mass is 637 g/mol. The highest BCUT2D eigenvalue weighted by atomic mass is 127. The zero-order valence-corrected chi connectivity index (χ0v) is 20.5. The fourth-order valence-electron chi connectivity index (χ4n) is 2.84. The molecule has 28 heavy (non-hydrogen) atoms. The summed E-state index contributed by atoms with van der Waals surface area (Å²) in [5, 5.41) is 0. The van der Waals surface area contributed by atoms with E-state index < -0.39 is 0 Å². The van der Waals surface area contributed by atoms with Crippen LogP contribution in [0, 0.1) is 7.14 Å². The Morgan fingerprint density at radius 1 is 1.25 bits per heavy atom. The number of carbonyl (C=O) groups is 1. The molecule has 0 aromatic heterocycles. The molecular formula is C19H13I2NO4S2. The molecule has 0 spiro atoms. The molecule has 4 rings (SSSR count). The maximum atomic E-state index is 13.1. The van der Waals surface area contributed by atoms with E-state index >= 15 is 0 Å². The first-order valence-electron chi connectivity index (χ1n) is 8.27. The van der Waals surface area contributed by atoms with E-state index in [0.29, 0.717) is 33.0 Å². The van der Waals surface area contributed by atoms with Crippen LogP contribution in [0.5, 0.6) is 17.2 Å². The van der Waals surface area contributed by atoms with Crippen molar-refractivity contribution in [1.29, 1.82) is 0 Å². The summed E-state index contributed by atoms with van der Waals surface area (Å²) in [5.74, 6) is 1.89. The van der Waals surface area contributed by atoms with Gasteiger partial charge in [0.15, 0.2) is 15.8 Å². The number of amides is 1. The molecule has 0 bridgehead atoms. The predicted octanol–water partition coefficient (Wildman–Crippen LogP) is 5.43. The standard InChI is InChI=1S/C19H13I2NO4S2/c1-2-24-17-10(5-11(20)7-13(17)21)6-16-18(23)22(19(27)28-16)12-3-4-14-15(8-12)26-9-25-14/h3-8H,2,9H2,1H3/b16-6+. The number of nitrogens with zero attached hydrogens (tertiary/aromatic N) is 1. The van der Waals surface area contributed by atoms with Gasteiger partial charge in [-0.05, 0) is 82.4 Å². The van der Waals surface area contributed by atoms with Gasteiger partial charge < -0.3 is 14.2 Å². The molecule has 2 heterocycles. The van der Waals surface area contributed by atoms with Crippen molar-refractivity contribution in [3.05, 3.63) is 47.9 Å². The van der Waals surface area contributed by atoms with Gasteiger partial charge in [-0.25, -0.2) is 0 Å². The molecule has 0 radical (unpaired) electrons. The van der Waals surface area contributed by atoms with E-state index in [1.165, 1.54) is 16.7 Å². The molecule has 0 aliphatic carbocycles. The van der Waals surface area contributed by atoms with Gasteiger partial charge in [-0.1, -0.05) is 24.0 Å². The van der Waals surface area contributed by atoms with E-state index in [4.69, 9.17) is 26.4 Å². The Balaban J connectivity index is 1.70. The van der Waals surface area contributed by atoms with Crippen LogP contribution in [0.2, 0.25) is 0 Å². The van der Waals surface area contributed by atoms with Crippen LogP contribution in [-0.4, -0.2) is 23.6 Å². The van der Waals surface area contributed by atoms with Crippen molar-refractivity contribution in [3.63, 3.8) is 0 Å². The minimum absolute atomic E-state index is 0.162. The third-order valence-electron chi connectivity index (χ3n) is 4.02. The third kappa shape index (κ3) is 3.85. The van der Waals surface area contributed by atoms with Crippen LogP contribution in [0.4, 0.5) is 5.69 Å². The summed E-state index contributed by atoms with van der Waals surface area (Å²) in [6.07, 6.45) is 1.85. The van der Waals surface area contributed by atoms with Crippen LogP contribution in [0.3, 0.4) is 0 Å². The quantitative estimate of drug-likeness (QED) is 0.254. The van der Waals surface area contributed by atoms with Crippen molar-refractivity contribution in [2.45, 2.75) is 6.92 Å². The number of thioether (sulfide) groups is 1. The first kappa shape index (κ1) is 20.2. The first-order valence-corrected chi connectivity index (χ1v) is 11.7. The Bertz CT molecular complexity index is 1030. The second-order valence-electron chi connectivity index (χ2n) is 5.79. The van der Waals surface area contributed by atoms with Crippen LogP contribution in [0.1, 0.15) is 12.5 Å². The number of thiocarbonyl (C=S) groups is 1. The molecule has 144 valence electrons. The molecule has 0 N–H and O–H groups in total. The minimum Gasteiger partial charge on any atom is -0.492 e. The fraction of sp³-hybridized carbons (Fsp3) is 0.158. The lowest BCUT2D eigenvalue weighted by Crippen LogP contribution is -2.27. The van der Waals surface area contributed by atoms with Crippen molar-refractivity contribution >= 4 is 91.2 Å². The molecule has 0 unspecified atom stereocenters. The summed E-state index contributed by atoms with van der Waals surface area (Å²) in [5.41, 5.74) is 1.53. The Hall–Kier alpha value is -1.05. The molecular weight excluding hydrogens is 624 g/mol. The topological polar surface area (TPSA) is 48.0 Å². The molecule has 0 atom stereocenters. The van der Waals surface area contributed by atoms with Gasteiger partial charge in [0.25, 0.3) is 5.91 Å². The molecule has 0 saturated carbocycles. The summed E-state index contributed by atoms with van der Waals surface area (Å²) in [4.78, 5) is 15.2. The number of ether oxygens (including phenoxy) is 3. The second-order valence-corrected chi connectivity index (χ2v) is 9.88. The second kappa shape index (κ2) is 8.36. The fourth-order valence-corrected chi connectivity index (χ4v) is 6.18. The largest absolute Gasteiger partial charge is 0.492 e. The van der Waals surface area contributed by atoms with Crippen LogP contribution < -0.4 is 19.1 Å². The molecule has 1 amide bonds. The lowest BCUT2D eigenvalue weighted by atomic mass is 10.2. The van der Waals surface area contributed by atoms with E-state index in [-0.39, 0.29) is 12.7 Å². The highest BCUT2D eigenvalue weighted by molar-refractivity contribution is 14.1. The van der Waals surface area contributed by atoms with Gasteiger partial charge in [-0.15, -0.1) is 0 Å². The Labute approximate surface area is 199 Å². The van der Waals surface area contributed by atoms with Crippen molar-refractivity contribution in [2.24, 2.45) is 0 Å². The number of hydrogen-bond donors (Lipinski definition) is 0. The van der Waals surface area contributed by atoms with E-state index in [1.54, 1.807) is 18.2 Å². The molecule has 2 aliphatic rings. The third-order valence-corrected chi connectivity index (χ3v) is 6.75. The van der Waals surface area contributed by atoms with E-state index in [1.807, 2.05) is 25.1 Å². The van der Waals surface area contributed by atoms with Gasteiger partial charge in [0.2, 0.25) is 6.79 Å². The normalized spacial score (nSPS) is 17.0. The van der Waals surface area contributed by atoms with Crippen LogP contribution in [0.15, 0.2) is 35.2 Å². The number of fused-ring (bicyclic) bond motifs is 1. The van der Waals surface area contributed by atoms with Gasteiger partial charge in [0.05, 0.1) is 20.8 Å². The number of halogens is 2. The highest BCUT2D eigenvalue weighted by Gasteiger charge is 2.34. The maximum absolute atomic E-state index is 13.1. The molecule has 1 saturated heterocycles. The van der Waals surface area contributed by atoms with E-state index in [0.717, 1.165) is 18.5 Å². The summed E-state index contributed by atoms with van der Waals surface area (Å²) in [7, 11) is 0. The number of carbonyl (C=O) groups excluding carboxylic acids is 1. The predicted molar refractivity (Wildman–Crippen MR) is 131 cm³/mol. The average Bonchev–Trinajstić information content (AvgIpc) is 3.21. The van der Waals surface area contributed by atoms with Gasteiger partial charge in [-0.3, -0.25) is 9.69 Å². The van der Waals surface area contributed by atoms with Crippen molar-refractivity contribution < 1.29 is 19.0 Å². The molecule has 2 aromatic rings. The van der Waals surface area contributed by atoms with E-state index in [9.17, 15) is 4.79 Å². The molecule has 2 aromatic carbocycles. The molecule has 9 heteroatoms. The first-order chi connectivity index (χ1) is 13.5. The van der Waals surface area contributed by atoms with Crippen LogP contribution in [-0.2, 0) is 4.79 Å². The van der Waals surface area contributed by atoms with Gasteiger partial charge in [0.1, 0.15) is 5.75 Å². The van der Waals surface area contributed by atoms with Gasteiger partial charge in [-0.2, -0.15) is 0 Å². The molecule has 1 fully saturated rings. The average molecular weight is 637 g/mol. The zero-order chi connectivity index (χ0) is 19.8. The number of benzene rings is 2. The van der Waals surface area contributed by atoms with Crippen molar-refractivity contribution in [1.82, 2.24) is 0 Å². The Morgan fingerprint density at radius 3 is 2.82 bits per heavy atom. The lowest BCUT2D eigenvalue weighted by molar-refractivity contribution is -0.113. The van der Waals surface area contributed by atoms with E-state index in [2.05, 4.69) is 45.2 Å². The number of rotatable bonds is 4. The summed E-state index contributed by atoms with van der Waals surface area (Å²) < 4.78 is 19.1. The van der Waals surface area contributed by atoms with Crippen LogP contribution in [0.25, 0.3) is 6.08 Å². The lowest BCUT2D eigenvalue weighted by Gasteiger charge is -2.15. The SMILES string of the molecule is CCOc1c(I)cc(I)cc1/C=C1/SC(=S)N(c2ccc3c(c2)OCO3)C1=O. The van der Waals surface area contributed by atoms with Crippen molar-refractivity contribution in [2.75, 3.05) is 18.3 Å². The summed E-state index contributed by atoms with van der Waals surface area (Å²) in [6, 6.07) is 9.41. The summed E-state index contributed by atoms with van der Waals surface area (Å²) >= 11 is 11.3.